The number of sulfonamides is 1. The van der Waals surface area contributed by atoms with Crippen LogP contribution in [-0.4, -0.2) is 39.4 Å². The molecule has 0 heterocycles. The highest BCUT2D eigenvalue weighted by Gasteiger charge is 2.29. The number of para-hydroxylation sites is 1. The second-order valence-corrected chi connectivity index (χ2v) is 9.41. The third kappa shape index (κ3) is 7.44. The molecule has 35 heavy (non-hydrogen) atoms. The Kier molecular flexibility index (Phi) is 8.63. The SMILES string of the molecule is C=CCOc1cccc(/C=N\NC(=O)[C@@H](C)N(c2ccc(Oc3ccccc3)cc2)S(C)(=O)=O)c1. The largest absolute Gasteiger partial charge is 0.490 e. The number of rotatable bonds is 11. The Hall–Kier alpha value is -4.11. The maximum absolute atomic E-state index is 12.7. The zero-order valence-electron chi connectivity index (χ0n) is 19.5. The molecule has 0 radical (unpaired) electrons. The van der Waals surface area contributed by atoms with Crippen LogP contribution in [0.2, 0.25) is 0 Å². The van der Waals surface area contributed by atoms with Crippen molar-refractivity contribution in [1.82, 2.24) is 5.43 Å². The van der Waals surface area contributed by atoms with Gasteiger partial charge in [-0.25, -0.2) is 13.8 Å². The summed E-state index contributed by atoms with van der Waals surface area (Å²) in [6.45, 7) is 5.47. The van der Waals surface area contributed by atoms with Crippen LogP contribution in [-0.2, 0) is 14.8 Å². The maximum atomic E-state index is 12.7. The van der Waals surface area contributed by atoms with E-state index in [1.807, 2.05) is 30.3 Å². The summed E-state index contributed by atoms with van der Waals surface area (Å²) in [4.78, 5) is 12.7. The Morgan fingerprint density at radius 2 is 1.69 bits per heavy atom. The number of hydrazone groups is 1. The molecule has 3 aromatic rings. The minimum atomic E-state index is -3.77. The van der Waals surface area contributed by atoms with Gasteiger partial charge in [0, 0.05) is 0 Å². The Morgan fingerprint density at radius 1 is 1.03 bits per heavy atom. The van der Waals surface area contributed by atoms with Crippen LogP contribution >= 0.6 is 0 Å². The van der Waals surface area contributed by atoms with Crippen molar-refractivity contribution in [3.63, 3.8) is 0 Å². The predicted octanol–water partition coefficient (Wildman–Crippen LogP) is 4.35. The van der Waals surface area contributed by atoms with Gasteiger partial charge in [-0.1, -0.05) is 43.0 Å². The first-order chi connectivity index (χ1) is 16.8. The average molecular weight is 494 g/mol. The molecule has 8 nitrogen and oxygen atoms in total. The molecule has 0 spiro atoms. The topological polar surface area (TPSA) is 97.3 Å². The molecule has 0 saturated heterocycles. The van der Waals surface area contributed by atoms with Gasteiger partial charge in [0.05, 0.1) is 18.2 Å². The molecule has 0 aliphatic carbocycles. The quantitative estimate of drug-likeness (QED) is 0.243. The Morgan fingerprint density at radius 3 is 2.34 bits per heavy atom. The van der Waals surface area contributed by atoms with Crippen molar-refractivity contribution in [2.24, 2.45) is 5.10 Å². The molecule has 0 unspecified atom stereocenters. The molecular formula is C26H27N3O5S. The van der Waals surface area contributed by atoms with Crippen molar-refractivity contribution in [2.75, 3.05) is 17.2 Å². The van der Waals surface area contributed by atoms with Gasteiger partial charge in [0.25, 0.3) is 5.91 Å². The molecule has 0 bridgehead atoms. The minimum Gasteiger partial charge on any atom is -0.490 e. The first kappa shape index (κ1) is 25.5. The molecule has 3 aromatic carbocycles. The smallest absolute Gasteiger partial charge is 0.263 e. The molecule has 1 atom stereocenters. The fraction of sp³-hybridized carbons (Fsp3) is 0.154. The number of carbonyl (C=O) groups is 1. The van der Waals surface area contributed by atoms with E-state index in [0.717, 1.165) is 10.6 Å². The van der Waals surface area contributed by atoms with E-state index in [2.05, 4.69) is 17.1 Å². The van der Waals surface area contributed by atoms with E-state index in [0.29, 0.717) is 35.1 Å². The zero-order valence-corrected chi connectivity index (χ0v) is 20.3. The second kappa shape index (κ2) is 11.8. The zero-order chi connectivity index (χ0) is 25.3. The molecule has 9 heteroatoms. The van der Waals surface area contributed by atoms with Gasteiger partial charge in [0.15, 0.2) is 0 Å². The van der Waals surface area contributed by atoms with Gasteiger partial charge in [0.2, 0.25) is 10.0 Å². The van der Waals surface area contributed by atoms with E-state index in [9.17, 15) is 13.2 Å². The van der Waals surface area contributed by atoms with Crippen LogP contribution in [0.5, 0.6) is 17.2 Å². The highest BCUT2D eigenvalue weighted by atomic mass is 32.2. The van der Waals surface area contributed by atoms with Crippen molar-refractivity contribution in [3.8, 4) is 17.2 Å². The van der Waals surface area contributed by atoms with Gasteiger partial charge in [-0.15, -0.1) is 0 Å². The van der Waals surface area contributed by atoms with Gasteiger partial charge in [-0.3, -0.25) is 9.10 Å². The van der Waals surface area contributed by atoms with Crippen LogP contribution in [0.1, 0.15) is 12.5 Å². The summed E-state index contributed by atoms with van der Waals surface area (Å²) in [5.41, 5.74) is 3.43. The molecule has 0 fully saturated rings. The number of nitrogens with zero attached hydrogens (tertiary/aromatic N) is 2. The Bertz CT molecular complexity index is 1280. The lowest BCUT2D eigenvalue weighted by Gasteiger charge is -2.27. The van der Waals surface area contributed by atoms with Crippen molar-refractivity contribution in [1.29, 1.82) is 0 Å². The first-order valence-electron chi connectivity index (χ1n) is 10.8. The second-order valence-electron chi connectivity index (χ2n) is 7.55. The summed E-state index contributed by atoms with van der Waals surface area (Å²) in [6, 6.07) is 21.8. The Balaban J connectivity index is 1.69. The summed E-state index contributed by atoms with van der Waals surface area (Å²) in [5, 5.41) is 3.96. The highest BCUT2D eigenvalue weighted by Crippen LogP contribution is 2.27. The van der Waals surface area contributed by atoms with Crippen molar-refractivity contribution in [3.05, 3.63) is 97.1 Å². The third-order valence-electron chi connectivity index (χ3n) is 4.77. The summed E-state index contributed by atoms with van der Waals surface area (Å²) >= 11 is 0. The van der Waals surface area contributed by atoms with E-state index in [4.69, 9.17) is 9.47 Å². The molecule has 1 N–H and O–H groups in total. The lowest BCUT2D eigenvalue weighted by atomic mass is 10.2. The molecule has 182 valence electrons. The van der Waals surface area contributed by atoms with Gasteiger partial charge < -0.3 is 9.47 Å². The molecule has 0 aromatic heterocycles. The monoisotopic (exact) mass is 493 g/mol. The van der Waals surface area contributed by atoms with Crippen LogP contribution in [0.4, 0.5) is 5.69 Å². The van der Waals surface area contributed by atoms with Crippen LogP contribution in [0.15, 0.2) is 96.6 Å². The van der Waals surface area contributed by atoms with Gasteiger partial charge in [-0.05, 0) is 61.0 Å². The number of hydrogen-bond acceptors (Lipinski definition) is 6. The molecule has 0 aliphatic heterocycles. The normalized spacial score (nSPS) is 12.1. The van der Waals surface area contributed by atoms with E-state index in [-0.39, 0.29) is 0 Å². The molecule has 0 aliphatic rings. The lowest BCUT2D eigenvalue weighted by Crippen LogP contribution is -2.46. The number of amides is 1. The van der Waals surface area contributed by atoms with Gasteiger partial charge in [0.1, 0.15) is 29.9 Å². The molecule has 0 saturated carbocycles. The van der Waals surface area contributed by atoms with E-state index >= 15 is 0 Å². The predicted molar refractivity (Wildman–Crippen MR) is 138 cm³/mol. The van der Waals surface area contributed by atoms with E-state index in [1.165, 1.54) is 13.1 Å². The fourth-order valence-corrected chi connectivity index (χ4v) is 4.37. The van der Waals surface area contributed by atoms with Crippen molar-refractivity contribution >= 4 is 27.8 Å². The molecular weight excluding hydrogens is 466 g/mol. The van der Waals surface area contributed by atoms with Gasteiger partial charge in [-0.2, -0.15) is 5.10 Å². The lowest BCUT2D eigenvalue weighted by molar-refractivity contribution is -0.121. The minimum absolute atomic E-state index is 0.326. The summed E-state index contributed by atoms with van der Waals surface area (Å²) in [5.74, 6) is 1.24. The van der Waals surface area contributed by atoms with Crippen LogP contribution in [0.3, 0.4) is 0 Å². The van der Waals surface area contributed by atoms with Crippen molar-refractivity contribution < 1.29 is 22.7 Å². The number of nitrogens with one attached hydrogen (secondary N) is 1. The van der Waals surface area contributed by atoms with Gasteiger partial charge >= 0.3 is 0 Å². The van der Waals surface area contributed by atoms with E-state index in [1.54, 1.807) is 54.6 Å². The fourth-order valence-electron chi connectivity index (χ4n) is 3.20. The van der Waals surface area contributed by atoms with Crippen LogP contribution in [0.25, 0.3) is 0 Å². The molecule has 3 rings (SSSR count). The van der Waals surface area contributed by atoms with Crippen molar-refractivity contribution in [2.45, 2.75) is 13.0 Å². The number of ether oxygens (including phenoxy) is 2. The summed E-state index contributed by atoms with van der Waals surface area (Å²) < 4.78 is 37.3. The number of anilines is 1. The van der Waals surface area contributed by atoms with Crippen LogP contribution < -0.4 is 19.2 Å². The maximum Gasteiger partial charge on any atom is 0.263 e. The number of carbonyl (C=O) groups excluding carboxylic acids is 1. The highest BCUT2D eigenvalue weighted by molar-refractivity contribution is 7.92. The average Bonchev–Trinajstić information content (AvgIpc) is 2.84. The Labute approximate surface area is 205 Å². The molecule has 1 amide bonds. The number of hydrogen-bond donors (Lipinski definition) is 1. The van der Waals surface area contributed by atoms with Crippen LogP contribution in [0, 0.1) is 0 Å². The number of benzene rings is 3. The summed E-state index contributed by atoms with van der Waals surface area (Å²) in [6.07, 6.45) is 4.13. The first-order valence-corrected chi connectivity index (χ1v) is 12.6. The third-order valence-corrected chi connectivity index (χ3v) is 6.01. The summed E-state index contributed by atoms with van der Waals surface area (Å²) in [7, 11) is -3.77. The standard InChI is InChI=1S/C26H27N3O5S/c1-4-17-33-25-12-8-9-21(18-25)19-27-28-26(30)20(2)29(35(3,31)32)22-13-15-24(16-14-22)34-23-10-6-5-7-11-23/h4-16,18-20H,1,17H2,2-3H3,(H,28,30)/b27-19-/t20-/m1/s1. The van der Waals surface area contributed by atoms with E-state index < -0.39 is 22.0 Å².